The molecule has 0 aromatic carbocycles. The molecule has 2 aliphatic rings. The lowest BCUT2D eigenvalue weighted by Crippen LogP contribution is -2.48. The monoisotopic (exact) mass is 327 g/mol. The molecule has 1 aliphatic carbocycles. The molecule has 1 saturated heterocycles. The minimum atomic E-state index is 0.293. The Hall–Kier alpha value is -0.620. The maximum Gasteiger partial charge on any atom is 0.223 e. The van der Waals surface area contributed by atoms with Crippen molar-refractivity contribution in [3.8, 4) is 0 Å². The van der Waals surface area contributed by atoms with Crippen molar-refractivity contribution >= 4 is 28.8 Å². The van der Waals surface area contributed by atoms with Gasteiger partial charge in [0.05, 0.1) is 4.34 Å². The molecule has 2 heterocycles. The van der Waals surface area contributed by atoms with Gasteiger partial charge in [-0.2, -0.15) is 0 Å². The topological polar surface area (TPSA) is 35.6 Å². The molecule has 1 saturated carbocycles. The summed E-state index contributed by atoms with van der Waals surface area (Å²) in [5.74, 6) is 0.293. The average molecular weight is 328 g/mol. The number of nitrogens with zero attached hydrogens (tertiary/aromatic N) is 2. The normalized spacial score (nSPS) is 20.0. The van der Waals surface area contributed by atoms with Gasteiger partial charge >= 0.3 is 0 Å². The van der Waals surface area contributed by atoms with Crippen LogP contribution in [0.2, 0.25) is 4.34 Å². The smallest absolute Gasteiger partial charge is 0.223 e. The number of nitrogens with one attached hydrogen (secondary N) is 1. The van der Waals surface area contributed by atoms with E-state index >= 15 is 0 Å². The highest BCUT2D eigenvalue weighted by molar-refractivity contribution is 7.16. The van der Waals surface area contributed by atoms with E-state index in [0.717, 1.165) is 43.6 Å². The number of rotatable bonds is 6. The van der Waals surface area contributed by atoms with Crippen LogP contribution in [0.15, 0.2) is 12.1 Å². The summed E-state index contributed by atoms with van der Waals surface area (Å²) in [7, 11) is 0. The van der Waals surface area contributed by atoms with Crippen LogP contribution in [0.4, 0.5) is 0 Å². The average Bonchev–Trinajstić information content (AvgIpc) is 3.21. The number of carbonyl (C=O) groups excluding carboxylic acids is 1. The van der Waals surface area contributed by atoms with Crippen LogP contribution < -0.4 is 5.32 Å². The van der Waals surface area contributed by atoms with E-state index in [9.17, 15) is 4.79 Å². The molecular formula is C15H22ClN3OS. The minimum absolute atomic E-state index is 0.293. The zero-order chi connectivity index (χ0) is 14.7. The molecule has 116 valence electrons. The van der Waals surface area contributed by atoms with Crippen LogP contribution in [0, 0.1) is 0 Å². The molecule has 1 N–H and O–H groups in total. The van der Waals surface area contributed by atoms with Crippen LogP contribution in [-0.2, 0) is 11.3 Å². The Labute approximate surface area is 135 Å². The van der Waals surface area contributed by atoms with Gasteiger partial charge in [0, 0.05) is 56.6 Å². The van der Waals surface area contributed by atoms with Gasteiger partial charge in [0.25, 0.3) is 0 Å². The molecule has 0 unspecified atom stereocenters. The second-order valence-corrected chi connectivity index (χ2v) is 7.64. The van der Waals surface area contributed by atoms with E-state index in [-0.39, 0.29) is 0 Å². The zero-order valence-corrected chi connectivity index (χ0v) is 13.8. The van der Waals surface area contributed by atoms with Crippen LogP contribution in [0.1, 0.15) is 24.1 Å². The van der Waals surface area contributed by atoms with Crippen molar-refractivity contribution < 1.29 is 4.79 Å². The summed E-state index contributed by atoms with van der Waals surface area (Å²) in [4.78, 5) is 17.8. The highest BCUT2D eigenvalue weighted by atomic mass is 35.5. The molecule has 0 radical (unpaired) electrons. The Kier molecular flexibility index (Phi) is 5.16. The molecule has 2 fully saturated rings. The number of hydrogen-bond acceptors (Lipinski definition) is 4. The Balaban J connectivity index is 1.36. The maximum absolute atomic E-state index is 12.1. The summed E-state index contributed by atoms with van der Waals surface area (Å²) in [6, 6.07) is 4.73. The molecular weight excluding hydrogens is 306 g/mol. The Morgan fingerprint density at radius 2 is 2.05 bits per heavy atom. The van der Waals surface area contributed by atoms with Crippen molar-refractivity contribution in [2.45, 2.75) is 31.8 Å². The molecule has 1 aliphatic heterocycles. The minimum Gasteiger partial charge on any atom is -0.340 e. The van der Waals surface area contributed by atoms with E-state index in [1.165, 1.54) is 17.7 Å². The fraction of sp³-hybridized carbons (Fsp3) is 0.667. The number of halogens is 1. The van der Waals surface area contributed by atoms with Crippen LogP contribution in [-0.4, -0.2) is 54.5 Å². The maximum atomic E-state index is 12.1. The van der Waals surface area contributed by atoms with Gasteiger partial charge in [0.15, 0.2) is 0 Å². The van der Waals surface area contributed by atoms with Gasteiger partial charge in [-0.05, 0) is 25.0 Å². The van der Waals surface area contributed by atoms with Crippen LogP contribution >= 0.6 is 22.9 Å². The van der Waals surface area contributed by atoms with Gasteiger partial charge in [-0.15, -0.1) is 11.3 Å². The van der Waals surface area contributed by atoms with E-state index in [2.05, 4.69) is 16.3 Å². The number of hydrogen-bond donors (Lipinski definition) is 1. The predicted molar refractivity (Wildman–Crippen MR) is 86.8 cm³/mol. The van der Waals surface area contributed by atoms with Crippen LogP contribution in [0.5, 0.6) is 0 Å². The fourth-order valence-corrected chi connectivity index (χ4v) is 3.77. The molecule has 1 aromatic heterocycles. The second kappa shape index (κ2) is 7.09. The van der Waals surface area contributed by atoms with Gasteiger partial charge in [-0.3, -0.25) is 9.69 Å². The third-order valence-corrected chi connectivity index (χ3v) is 5.30. The van der Waals surface area contributed by atoms with Crippen molar-refractivity contribution in [3.05, 3.63) is 21.3 Å². The van der Waals surface area contributed by atoms with E-state index < -0.39 is 0 Å². The lowest BCUT2D eigenvalue weighted by atomic mass is 10.2. The van der Waals surface area contributed by atoms with Gasteiger partial charge in [-0.1, -0.05) is 11.6 Å². The van der Waals surface area contributed by atoms with Crippen molar-refractivity contribution in [3.63, 3.8) is 0 Å². The molecule has 4 nitrogen and oxygen atoms in total. The summed E-state index contributed by atoms with van der Waals surface area (Å²) < 4.78 is 0.849. The summed E-state index contributed by atoms with van der Waals surface area (Å²) in [5, 5.41) is 3.40. The van der Waals surface area contributed by atoms with E-state index in [4.69, 9.17) is 11.6 Å². The number of thiophene rings is 1. The molecule has 0 spiro atoms. The van der Waals surface area contributed by atoms with Gasteiger partial charge in [0.1, 0.15) is 0 Å². The SMILES string of the molecule is O=C(CCNC1CC1)N1CCN(Cc2ccc(Cl)s2)CC1. The van der Waals surface area contributed by atoms with Crippen molar-refractivity contribution in [2.75, 3.05) is 32.7 Å². The first kappa shape index (κ1) is 15.3. The largest absolute Gasteiger partial charge is 0.340 e. The highest BCUT2D eigenvalue weighted by Gasteiger charge is 2.23. The quantitative estimate of drug-likeness (QED) is 0.870. The molecule has 1 amide bonds. The molecule has 0 atom stereocenters. The van der Waals surface area contributed by atoms with Crippen molar-refractivity contribution in [1.29, 1.82) is 0 Å². The Bertz CT molecular complexity index is 481. The van der Waals surface area contributed by atoms with Crippen LogP contribution in [0.25, 0.3) is 0 Å². The van der Waals surface area contributed by atoms with E-state index in [0.29, 0.717) is 18.4 Å². The zero-order valence-electron chi connectivity index (χ0n) is 12.2. The van der Waals surface area contributed by atoms with Gasteiger partial charge in [0.2, 0.25) is 5.91 Å². The van der Waals surface area contributed by atoms with Gasteiger partial charge in [-0.25, -0.2) is 0 Å². The Morgan fingerprint density at radius 3 is 2.67 bits per heavy atom. The summed E-state index contributed by atoms with van der Waals surface area (Å²) >= 11 is 7.60. The molecule has 21 heavy (non-hydrogen) atoms. The Morgan fingerprint density at radius 1 is 1.29 bits per heavy atom. The first-order chi connectivity index (χ1) is 10.2. The first-order valence-electron chi connectivity index (χ1n) is 7.68. The molecule has 1 aromatic rings. The standard InChI is InChI=1S/C15H22ClN3OS/c16-14-4-3-13(21-14)11-18-7-9-19(10-8-18)15(20)5-6-17-12-1-2-12/h3-4,12,17H,1-2,5-11H2. The predicted octanol–water partition coefficient (Wildman–Crippen LogP) is 2.19. The van der Waals surface area contributed by atoms with Crippen molar-refractivity contribution in [2.24, 2.45) is 0 Å². The van der Waals surface area contributed by atoms with Crippen LogP contribution in [0.3, 0.4) is 0 Å². The lowest BCUT2D eigenvalue weighted by Gasteiger charge is -2.34. The lowest BCUT2D eigenvalue weighted by molar-refractivity contribution is -0.132. The third-order valence-electron chi connectivity index (χ3n) is 4.08. The number of carbonyl (C=O) groups is 1. The molecule has 0 bridgehead atoms. The first-order valence-corrected chi connectivity index (χ1v) is 8.88. The van der Waals surface area contributed by atoms with Gasteiger partial charge < -0.3 is 10.2 Å². The van der Waals surface area contributed by atoms with Crippen molar-refractivity contribution in [1.82, 2.24) is 15.1 Å². The second-order valence-electron chi connectivity index (χ2n) is 5.84. The highest BCUT2D eigenvalue weighted by Crippen LogP contribution is 2.23. The number of piperazine rings is 1. The summed E-state index contributed by atoms with van der Waals surface area (Å²) in [6.45, 7) is 5.39. The third kappa shape index (κ3) is 4.68. The van der Waals surface area contributed by atoms with E-state index in [1.807, 2.05) is 11.0 Å². The molecule has 6 heteroatoms. The summed E-state index contributed by atoms with van der Waals surface area (Å²) in [5.41, 5.74) is 0. The fourth-order valence-electron chi connectivity index (χ4n) is 2.64. The summed E-state index contributed by atoms with van der Waals surface area (Å²) in [6.07, 6.45) is 3.19. The molecule has 3 rings (SSSR count). The number of amides is 1. The van der Waals surface area contributed by atoms with E-state index in [1.54, 1.807) is 11.3 Å².